The number of nitrogens with zero attached hydrogens (tertiary/aromatic N) is 1. The van der Waals surface area contributed by atoms with Crippen molar-refractivity contribution < 1.29 is 19.0 Å². The van der Waals surface area contributed by atoms with E-state index in [0.29, 0.717) is 31.5 Å². The Labute approximate surface area is 256 Å². The van der Waals surface area contributed by atoms with Crippen molar-refractivity contribution in [3.63, 3.8) is 0 Å². The van der Waals surface area contributed by atoms with Gasteiger partial charge in [-0.05, 0) is 80.8 Å². The molecule has 0 bridgehead atoms. The average molecular weight is 606 g/mol. The lowest BCUT2D eigenvalue weighted by atomic mass is 9.51. The van der Waals surface area contributed by atoms with Crippen LogP contribution in [0.4, 0.5) is 0 Å². The van der Waals surface area contributed by atoms with Gasteiger partial charge in [-0.25, -0.2) is 4.98 Å². The van der Waals surface area contributed by atoms with Crippen molar-refractivity contribution in [2.75, 3.05) is 13.2 Å². The topological polar surface area (TPSA) is 60.8 Å². The van der Waals surface area contributed by atoms with Crippen LogP contribution in [0.1, 0.15) is 77.2 Å². The molecule has 1 saturated heterocycles. The third-order valence-electron chi connectivity index (χ3n) is 10.8. The zero-order valence-electron chi connectivity index (χ0n) is 26.2. The summed E-state index contributed by atoms with van der Waals surface area (Å²) in [4.78, 5) is 4.54. The number of rotatable bonds is 4. The Morgan fingerprint density at radius 2 is 1.79 bits per heavy atom. The fraction of sp³-hybridized carbons (Fsp3) is 0.629. The molecule has 2 aromatic rings. The molecule has 1 aromatic heterocycles. The van der Waals surface area contributed by atoms with E-state index in [9.17, 15) is 5.11 Å². The second kappa shape index (κ2) is 9.87. The third-order valence-corrected chi connectivity index (χ3v) is 12.4. The molecule has 5 nitrogen and oxygen atoms in total. The van der Waals surface area contributed by atoms with Gasteiger partial charge in [0, 0.05) is 46.7 Å². The van der Waals surface area contributed by atoms with E-state index >= 15 is 0 Å². The summed E-state index contributed by atoms with van der Waals surface area (Å²) in [5.74, 6) is 1.78. The van der Waals surface area contributed by atoms with Crippen LogP contribution in [0.5, 0.6) is 0 Å². The summed E-state index contributed by atoms with van der Waals surface area (Å²) in [6.07, 6.45) is 10.4. The zero-order valence-corrected chi connectivity index (χ0v) is 28.0. The largest absolute Gasteiger partial charge is 0.547 e. The van der Waals surface area contributed by atoms with E-state index in [2.05, 4.69) is 75.7 Å². The molecular formula is C35H47NO4SSi. The summed E-state index contributed by atoms with van der Waals surface area (Å²) in [5.41, 5.74) is 4.46. The van der Waals surface area contributed by atoms with Crippen molar-refractivity contribution >= 4 is 19.7 Å². The van der Waals surface area contributed by atoms with E-state index < -0.39 is 19.7 Å². The lowest BCUT2D eigenvalue weighted by Crippen LogP contribution is -2.57. The molecule has 3 fully saturated rings. The van der Waals surface area contributed by atoms with Gasteiger partial charge in [0.25, 0.3) is 0 Å². The van der Waals surface area contributed by atoms with Crippen LogP contribution >= 0.6 is 11.3 Å². The van der Waals surface area contributed by atoms with Crippen molar-refractivity contribution in [2.24, 2.45) is 22.7 Å². The molecule has 7 rings (SSSR count). The van der Waals surface area contributed by atoms with Gasteiger partial charge in [0.05, 0.1) is 24.6 Å². The maximum Gasteiger partial charge on any atom is 0.241 e. The minimum atomic E-state index is -1.76. The van der Waals surface area contributed by atoms with Crippen LogP contribution in [0.3, 0.4) is 0 Å². The van der Waals surface area contributed by atoms with Crippen LogP contribution in [0.15, 0.2) is 58.8 Å². The first-order chi connectivity index (χ1) is 19.8. The van der Waals surface area contributed by atoms with E-state index in [1.807, 2.05) is 11.6 Å². The molecule has 1 aliphatic heterocycles. The molecule has 1 N–H and O–H groups in total. The van der Waals surface area contributed by atoms with Crippen LogP contribution in [-0.4, -0.2) is 43.0 Å². The summed E-state index contributed by atoms with van der Waals surface area (Å²) in [6.45, 7) is 15.1. The van der Waals surface area contributed by atoms with Gasteiger partial charge in [0.2, 0.25) is 8.32 Å². The predicted molar refractivity (Wildman–Crippen MR) is 171 cm³/mol. The number of allylic oxidation sites excluding steroid dienone is 3. The van der Waals surface area contributed by atoms with E-state index in [1.54, 1.807) is 11.3 Å². The number of fused-ring (bicyclic) bond motifs is 4. The minimum Gasteiger partial charge on any atom is -0.547 e. The molecule has 0 amide bonds. The van der Waals surface area contributed by atoms with Crippen molar-refractivity contribution in [3.8, 4) is 10.6 Å². The predicted octanol–water partition coefficient (Wildman–Crippen LogP) is 8.45. The van der Waals surface area contributed by atoms with Gasteiger partial charge in [-0.2, -0.15) is 0 Å². The Morgan fingerprint density at radius 3 is 2.45 bits per heavy atom. The Bertz CT molecular complexity index is 1400. The van der Waals surface area contributed by atoms with E-state index in [-0.39, 0.29) is 16.7 Å². The lowest BCUT2D eigenvalue weighted by molar-refractivity contribution is -0.322. The molecule has 7 heteroatoms. The van der Waals surface area contributed by atoms with Crippen LogP contribution < -0.4 is 0 Å². The van der Waals surface area contributed by atoms with E-state index in [4.69, 9.17) is 13.9 Å². The normalized spacial score (nSPS) is 35.3. The number of hydrogen-bond donors (Lipinski definition) is 1. The summed E-state index contributed by atoms with van der Waals surface area (Å²) in [7, 11) is -1.76. The first kappa shape index (κ1) is 29.0. The fourth-order valence-electron chi connectivity index (χ4n) is 8.80. The van der Waals surface area contributed by atoms with Crippen molar-refractivity contribution in [2.45, 2.75) is 103 Å². The molecule has 42 heavy (non-hydrogen) atoms. The number of ether oxygens (including phenoxy) is 2. The monoisotopic (exact) mass is 605 g/mol. The highest BCUT2D eigenvalue weighted by Crippen LogP contribution is 2.66. The smallest absolute Gasteiger partial charge is 0.241 e. The fourth-order valence-corrected chi connectivity index (χ4v) is 10.4. The van der Waals surface area contributed by atoms with Gasteiger partial charge in [-0.1, -0.05) is 50.6 Å². The molecule has 1 spiro atoms. The minimum absolute atomic E-state index is 0.000171. The van der Waals surface area contributed by atoms with E-state index in [1.165, 1.54) is 28.0 Å². The molecule has 2 heterocycles. The van der Waals surface area contributed by atoms with Gasteiger partial charge in [-0.3, -0.25) is 0 Å². The highest BCUT2D eigenvalue weighted by Gasteiger charge is 2.60. The zero-order chi connectivity index (χ0) is 29.5. The Balaban J connectivity index is 1.29. The first-order valence-corrected chi connectivity index (χ1v) is 20.2. The molecule has 5 aliphatic rings. The van der Waals surface area contributed by atoms with Crippen molar-refractivity contribution in [3.05, 3.63) is 64.4 Å². The van der Waals surface area contributed by atoms with Gasteiger partial charge < -0.3 is 19.0 Å². The molecule has 0 radical (unpaired) electrons. The standard InChI is InChI=1S/C35H47NO4SSi/c1-32(2)21-38-35(39-22-32)16-14-28-30-25(13-15-34(28,37)20-35)27-11-12-29(40-42(4,5)6)33(27,3)19-26(30)23-7-9-24(10-8-23)31-36-17-18-41-31/h7-10,12,17-18,25-27,37H,11,13-16,19-22H2,1-6H3/t25-,26+,27-,33-,34+/m0/s1. The lowest BCUT2D eigenvalue weighted by Gasteiger charge is -2.57. The van der Waals surface area contributed by atoms with Crippen LogP contribution in [-0.2, 0) is 13.9 Å². The number of hydrogen-bond acceptors (Lipinski definition) is 6. The molecule has 4 aliphatic carbocycles. The molecule has 1 aromatic carbocycles. The molecule has 2 saturated carbocycles. The second-order valence-corrected chi connectivity index (χ2v) is 21.0. The molecule has 226 valence electrons. The van der Waals surface area contributed by atoms with Gasteiger partial charge >= 0.3 is 0 Å². The maximum absolute atomic E-state index is 12.5. The summed E-state index contributed by atoms with van der Waals surface area (Å²) >= 11 is 1.68. The third kappa shape index (κ3) is 4.88. The van der Waals surface area contributed by atoms with Crippen molar-refractivity contribution in [1.82, 2.24) is 4.98 Å². The Morgan fingerprint density at radius 1 is 1.05 bits per heavy atom. The number of aliphatic hydroxyl groups is 1. The van der Waals surface area contributed by atoms with Gasteiger partial charge in [0.15, 0.2) is 5.79 Å². The number of thiazole rings is 1. The van der Waals surface area contributed by atoms with Gasteiger partial charge in [0.1, 0.15) is 5.01 Å². The highest BCUT2D eigenvalue weighted by molar-refractivity contribution is 7.13. The molecular weight excluding hydrogens is 559 g/mol. The average Bonchev–Trinajstić information content (AvgIpc) is 3.58. The first-order valence-electron chi connectivity index (χ1n) is 15.9. The summed E-state index contributed by atoms with van der Waals surface area (Å²) in [6, 6.07) is 9.12. The van der Waals surface area contributed by atoms with Crippen molar-refractivity contribution in [1.29, 1.82) is 0 Å². The quantitative estimate of drug-likeness (QED) is 0.280. The number of benzene rings is 1. The van der Waals surface area contributed by atoms with Crippen LogP contribution in [0.25, 0.3) is 10.6 Å². The van der Waals surface area contributed by atoms with Crippen LogP contribution in [0, 0.1) is 22.7 Å². The maximum atomic E-state index is 12.5. The second-order valence-electron chi connectivity index (χ2n) is 15.7. The van der Waals surface area contributed by atoms with Crippen LogP contribution in [0.2, 0.25) is 19.6 Å². The summed E-state index contributed by atoms with van der Waals surface area (Å²) < 4.78 is 19.7. The summed E-state index contributed by atoms with van der Waals surface area (Å²) in [5, 5.41) is 15.6. The Hall–Kier alpha value is -1.77. The molecule has 5 atom stereocenters. The Kier molecular flexibility index (Phi) is 6.80. The molecule has 0 unspecified atom stereocenters. The van der Waals surface area contributed by atoms with Gasteiger partial charge in [-0.15, -0.1) is 11.3 Å². The van der Waals surface area contributed by atoms with E-state index in [0.717, 1.165) is 43.5 Å². The number of aromatic nitrogens is 1. The highest BCUT2D eigenvalue weighted by atomic mass is 32.1. The SMILES string of the molecule is CC1(C)COC2(CCC3=C4[C@@H](CC[C@@]3(O)C2)[C@@H]2CC=C(O[Si](C)(C)C)[C@@]2(C)C[C@@H]4c2ccc(-c3nccs3)cc2)OC1.